The van der Waals surface area contributed by atoms with Gasteiger partial charge in [-0.05, 0) is 0 Å². The molecule has 0 aliphatic carbocycles. The molecule has 9 heavy (non-hydrogen) atoms. The Morgan fingerprint density at radius 1 is 0.889 bits per heavy atom. The molecule has 0 aliphatic rings. The van der Waals surface area contributed by atoms with Crippen LogP contribution < -0.4 is 0 Å². The van der Waals surface area contributed by atoms with E-state index in [1.807, 2.05) is 0 Å². The van der Waals surface area contributed by atoms with E-state index in [9.17, 15) is 0 Å². The maximum absolute atomic E-state index is 8.88. The Morgan fingerprint density at radius 3 is 0.889 bits per heavy atom. The van der Waals surface area contributed by atoms with E-state index in [0.717, 1.165) is 0 Å². The van der Waals surface area contributed by atoms with Gasteiger partial charge in [0.2, 0.25) is 0 Å². The second kappa shape index (κ2) is 13.7. The van der Waals surface area contributed by atoms with Crippen LogP contribution in [0.25, 0.3) is 0 Å². The molecule has 0 saturated carbocycles. The van der Waals surface area contributed by atoms with Crippen molar-refractivity contribution < 1.29 is 30.7 Å². The molecule has 0 radical (unpaired) electrons. The fourth-order valence-electron chi connectivity index (χ4n) is 0. The van der Waals surface area contributed by atoms with Crippen LogP contribution in [0, 0.1) is 0 Å². The molecule has 0 aromatic heterocycles. The van der Waals surface area contributed by atoms with Crippen molar-refractivity contribution in [3.8, 4) is 0 Å². The number of phosphoric acid groups is 1. The Labute approximate surface area is 129 Å². The summed E-state index contributed by atoms with van der Waals surface area (Å²) in [7, 11) is -4.64. The van der Waals surface area contributed by atoms with Gasteiger partial charge >= 0.3 is 100 Å². The monoisotopic (exact) mass is 202 g/mol. The summed E-state index contributed by atoms with van der Waals surface area (Å²) >= 11 is 0. The second-order valence-electron chi connectivity index (χ2n) is 0.513. The first kappa shape index (κ1) is 29.5. The maximum atomic E-state index is 8.88. The van der Waals surface area contributed by atoms with Gasteiger partial charge in [-0.1, -0.05) is 0 Å². The van der Waals surface area contributed by atoms with E-state index in [1.54, 1.807) is 0 Å². The summed E-state index contributed by atoms with van der Waals surface area (Å²) in [5, 5.41) is 0. The fourth-order valence-corrected chi connectivity index (χ4v) is 0. The molecule has 0 aromatic carbocycles. The molecule has 0 bridgehead atoms. The van der Waals surface area contributed by atoms with Crippen molar-refractivity contribution in [1.29, 1.82) is 0 Å². The van der Waals surface area contributed by atoms with Crippen molar-refractivity contribution in [1.82, 2.24) is 0 Å². The molecule has 9 heteroatoms. The minimum absolute atomic E-state index is 0. The molecule has 0 rings (SSSR count). The van der Waals surface area contributed by atoms with Crippen LogP contribution >= 0.6 is 7.82 Å². The normalized spacial score (nSPS) is 6.56. The smallest absolute Gasteiger partial charge is 1.00 e. The molecule has 0 saturated heterocycles. The third-order valence-electron chi connectivity index (χ3n) is 0. The first-order valence-corrected chi connectivity index (χ1v) is 2.35. The second-order valence-corrected chi connectivity index (χ2v) is 1.54. The predicted molar refractivity (Wildman–Crippen MR) is 46.2 cm³/mol. The molecule has 0 aromatic rings. The molecule has 0 atom stereocenters. The van der Waals surface area contributed by atoms with Crippen molar-refractivity contribution in [2.75, 3.05) is 0 Å². The Morgan fingerprint density at radius 2 is 0.889 bits per heavy atom. The summed E-state index contributed by atoms with van der Waals surface area (Å²) in [4.78, 5) is 21.6. The first-order valence-electron chi connectivity index (χ1n) is 0.783. The zero-order valence-corrected chi connectivity index (χ0v) is 11.6. The summed E-state index contributed by atoms with van der Waals surface area (Å²) < 4.78 is 8.88. The Kier molecular flexibility index (Phi) is 45.1. The van der Waals surface area contributed by atoms with Crippen LogP contribution in [0.15, 0.2) is 0 Å². The minimum Gasteiger partial charge on any atom is -1.00 e. The van der Waals surface area contributed by atoms with Crippen LogP contribution in [-0.2, 0) is 4.57 Å². The Bertz CT molecular complexity index is 75.7. The van der Waals surface area contributed by atoms with E-state index in [0.29, 0.717) is 0 Å². The van der Waals surface area contributed by atoms with E-state index in [-0.39, 0.29) is 104 Å². The Hall–Kier alpha value is 3.17. The quantitative estimate of drug-likeness (QED) is 0.329. The van der Waals surface area contributed by atoms with Gasteiger partial charge in [-0.3, -0.25) is 0 Å². The molecular formula is H11Mg4O4P. The van der Waals surface area contributed by atoms with Gasteiger partial charge in [0.1, 0.15) is 0 Å². The third-order valence-corrected chi connectivity index (χ3v) is 0. The van der Waals surface area contributed by atoms with Crippen LogP contribution in [-0.4, -0.2) is 107 Å². The fraction of sp³-hybridized carbons (Fsp3) is 0. The van der Waals surface area contributed by atoms with Gasteiger partial charge in [-0.2, -0.15) is 0 Å². The van der Waals surface area contributed by atoms with E-state index in [4.69, 9.17) is 19.2 Å². The molecule has 0 unspecified atom stereocenters. The summed E-state index contributed by atoms with van der Waals surface area (Å²) in [5.74, 6) is 0. The molecule has 0 amide bonds. The van der Waals surface area contributed by atoms with Gasteiger partial charge in [0.05, 0.1) is 0 Å². The molecule has 48 valence electrons. The van der Waals surface area contributed by atoms with Crippen molar-refractivity contribution in [2.45, 2.75) is 0 Å². The van der Waals surface area contributed by atoms with Crippen molar-refractivity contribution >= 4 is 100 Å². The third kappa shape index (κ3) is 93.3. The number of hydrogen-bond acceptors (Lipinski definition) is 1. The average Bonchev–Trinajstić information content (AvgIpc) is 0.722. The molecule has 4 nitrogen and oxygen atoms in total. The first-order chi connectivity index (χ1) is 2.00. The van der Waals surface area contributed by atoms with Gasteiger partial charge in [0.25, 0.3) is 0 Å². The zero-order valence-electron chi connectivity index (χ0n) is 13.0. The molecule has 0 aliphatic heterocycles. The van der Waals surface area contributed by atoms with Crippen LogP contribution in [0.5, 0.6) is 0 Å². The topological polar surface area (TPSA) is 77.8 Å². The van der Waals surface area contributed by atoms with Crippen molar-refractivity contribution in [3.05, 3.63) is 0 Å². The minimum atomic E-state index is -4.64. The van der Waals surface area contributed by atoms with Crippen molar-refractivity contribution in [2.24, 2.45) is 0 Å². The maximum Gasteiger partial charge on any atom is 2.00 e. The van der Waals surface area contributed by atoms with Gasteiger partial charge in [0.15, 0.2) is 0 Å². The molecular weight excluding hydrogens is 192 g/mol. The van der Waals surface area contributed by atoms with Crippen LogP contribution in [0.3, 0.4) is 0 Å². The standard InChI is InChI=1S/4Mg.H3O4P.8H/c;;;;1-5(2,3)4;;;;;;;;/h;;;;(H3,1,2,3,4);;;;;;;;/q4*+2;;8*-1. The molecule has 0 heterocycles. The van der Waals surface area contributed by atoms with Gasteiger partial charge in [-0.25, -0.2) is 4.57 Å². The van der Waals surface area contributed by atoms with E-state index in [2.05, 4.69) is 0 Å². The summed E-state index contributed by atoms with van der Waals surface area (Å²) in [6.07, 6.45) is 0. The zero-order chi connectivity index (χ0) is 4.50. The summed E-state index contributed by atoms with van der Waals surface area (Å²) in [6, 6.07) is 0. The van der Waals surface area contributed by atoms with Gasteiger partial charge in [-0.15, -0.1) is 0 Å². The average molecular weight is 203 g/mol. The number of hydrogen-bond donors (Lipinski definition) is 3. The molecule has 3 N–H and O–H groups in total. The SMILES string of the molecule is O=P(O)(O)O.[H-].[H-].[H-].[H-].[H-].[H-].[H-].[H-].[Mg+2].[Mg+2].[Mg+2].[Mg+2]. The number of rotatable bonds is 0. The van der Waals surface area contributed by atoms with E-state index < -0.39 is 7.82 Å². The molecule has 0 spiro atoms. The molecule has 0 fully saturated rings. The van der Waals surface area contributed by atoms with Crippen molar-refractivity contribution in [3.63, 3.8) is 0 Å². The van der Waals surface area contributed by atoms with Crippen LogP contribution in [0.1, 0.15) is 11.4 Å². The van der Waals surface area contributed by atoms with Gasteiger partial charge in [0, 0.05) is 0 Å². The summed E-state index contributed by atoms with van der Waals surface area (Å²) in [6.45, 7) is 0. The predicted octanol–water partition coefficient (Wildman–Crippen LogP) is -1.55. The van der Waals surface area contributed by atoms with E-state index in [1.165, 1.54) is 0 Å². The van der Waals surface area contributed by atoms with E-state index >= 15 is 0 Å². The Balaban J connectivity index is -0.00000000121. The largest absolute Gasteiger partial charge is 2.00 e. The van der Waals surface area contributed by atoms with Crippen LogP contribution in [0.4, 0.5) is 0 Å². The summed E-state index contributed by atoms with van der Waals surface area (Å²) in [5.41, 5.74) is 0. The van der Waals surface area contributed by atoms with Crippen LogP contribution in [0.2, 0.25) is 0 Å². The van der Waals surface area contributed by atoms with Gasteiger partial charge < -0.3 is 26.1 Å².